The SMILES string of the molecule is CC(C)CCC[C@@H](C)[C@H]1CCC2C3CC=C4CC(OC(=O)OCC(C)C)CC[C@]4(C)C3CC[C@@]21C. The van der Waals surface area contributed by atoms with Gasteiger partial charge in [-0.3, -0.25) is 0 Å². The Labute approximate surface area is 216 Å². The fourth-order valence-electron chi connectivity index (χ4n) is 9.16. The molecule has 3 saturated carbocycles. The Morgan fingerprint density at radius 1 is 0.971 bits per heavy atom. The Bertz CT molecular complexity index is 769. The van der Waals surface area contributed by atoms with E-state index in [0.29, 0.717) is 23.4 Å². The van der Waals surface area contributed by atoms with E-state index in [4.69, 9.17) is 9.47 Å². The molecule has 8 atom stereocenters. The summed E-state index contributed by atoms with van der Waals surface area (Å²) in [5, 5.41) is 0. The van der Waals surface area contributed by atoms with E-state index in [1.807, 2.05) is 0 Å². The average Bonchev–Trinajstić information content (AvgIpc) is 3.15. The molecule has 0 spiro atoms. The molecule has 0 aromatic carbocycles. The van der Waals surface area contributed by atoms with Crippen LogP contribution in [0, 0.1) is 52.3 Å². The molecule has 4 rings (SSSR count). The molecule has 3 fully saturated rings. The van der Waals surface area contributed by atoms with Gasteiger partial charge < -0.3 is 9.47 Å². The molecule has 35 heavy (non-hydrogen) atoms. The van der Waals surface area contributed by atoms with Crippen LogP contribution < -0.4 is 0 Å². The lowest BCUT2D eigenvalue weighted by atomic mass is 9.47. The van der Waals surface area contributed by atoms with Crippen LogP contribution >= 0.6 is 0 Å². The first-order valence-electron chi connectivity index (χ1n) is 15.1. The van der Waals surface area contributed by atoms with E-state index < -0.39 is 6.16 Å². The van der Waals surface area contributed by atoms with E-state index in [1.54, 1.807) is 5.57 Å². The van der Waals surface area contributed by atoms with Crippen LogP contribution in [0.3, 0.4) is 0 Å². The second-order valence-electron chi connectivity index (χ2n) is 14.2. The van der Waals surface area contributed by atoms with Crippen molar-refractivity contribution in [2.75, 3.05) is 6.61 Å². The quantitative estimate of drug-likeness (QED) is 0.253. The molecule has 0 radical (unpaired) electrons. The van der Waals surface area contributed by atoms with E-state index in [-0.39, 0.29) is 6.10 Å². The fourth-order valence-corrected chi connectivity index (χ4v) is 9.16. The minimum absolute atomic E-state index is 0.0121. The average molecular weight is 487 g/mol. The Kier molecular flexibility index (Phi) is 8.33. The van der Waals surface area contributed by atoms with Gasteiger partial charge >= 0.3 is 6.16 Å². The van der Waals surface area contributed by atoms with Gasteiger partial charge in [0.1, 0.15) is 6.10 Å². The van der Waals surface area contributed by atoms with Gasteiger partial charge in [-0.15, -0.1) is 0 Å². The summed E-state index contributed by atoms with van der Waals surface area (Å²) < 4.78 is 11.0. The van der Waals surface area contributed by atoms with E-state index in [2.05, 4.69) is 54.5 Å². The summed E-state index contributed by atoms with van der Waals surface area (Å²) in [6, 6.07) is 0. The number of ether oxygens (including phenoxy) is 2. The zero-order valence-electron chi connectivity index (χ0n) is 23.9. The topological polar surface area (TPSA) is 35.5 Å². The van der Waals surface area contributed by atoms with Crippen molar-refractivity contribution >= 4 is 6.16 Å². The van der Waals surface area contributed by atoms with E-state index in [1.165, 1.54) is 51.4 Å². The molecule has 200 valence electrons. The van der Waals surface area contributed by atoms with Gasteiger partial charge in [0.05, 0.1) is 6.61 Å². The van der Waals surface area contributed by atoms with Crippen LogP contribution in [0.2, 0.25) is 0 Å². The van der Waals surface area contributed by atoms with Crippen molar-refractivity contribution in [3.05, 3.63) is 11.6 Å². The first-order valence-corrected chi connectivity index (χ1v) is 15.1. The van der Waals surface area contributed by atoms with E-state index >= 15 is 0 Å². The zero-order valence-corrected chi connectivity index (χ0v) is 23.9. The number of hydrogen-bond donors (Lipinski definition) is 0. The second kappa shape index (κ2) is 10.8. The van der Waals surface area contributed by atoms with Crippen molar-refractivity contribution in [2.24, 2.45) is 52.3 Å². The lowest BCUT2D eigenvalue weighted by Gasteiger charge is -2.58. The molecule has 0 N–H and O–H groups in total. The second-order valence-corrected chi connectivity index (χ2v) is 14.2. The monoisotopic (exact) mass is 486 g/mol. The van der Waals surface area contributed by atoms with Gasteiger partial charge in [0.15, 0.2) is 0 Å². The van der Waals surface area contributed by atoms with Crippen LogP contribution in [0.4, 0.5) is 4.79 Å². The van der Waals surface area contributed by atoms with Gasteiger partial charge in [-0.25, -0.2) is 4.79 Å². The van der Waals surface area contributed by atoms with Crippen LogP contribution in [0.25, 0.3) is 0 Å². The maximum atomic E-state index is 12.2. The lowest BCUT2D eigenvalue weighted by Crippen LogP contribution is -2.51. The maximum Gasteiger partial charge on any atom is 0.508 e. The molecule has 4 aliphatic carbocycles. The molecule has 3 heteroatoms. The minimum Gasteiger partial charge on any atom is -0.434 e. The molecular formula is C32H54O3. The Hall–Kier alpha value is -0.990. The molecule has 0 saturated heterocycles. The normalized spacial score (nSPS) is 39.5. The Balaban J connectivity index is 1.40. The smallest absolute Gasteiger partial charge is 0.434 e. The highest BCUT2D eigenvalue weighted by atomic mass is 16.7. The minimum atomic E-state index is -0.477. The third-order valence-corrected chi connectivity index (χ3v) is 11.1. The van der Waals surface area contributed by atoms with Crippen LogP contribution in [-0.2, 0) is 9.47 Å². The lowest BCUT2D eigenvalue weighted by molar-refractivity contribution is -0.0620. The summed E-state index contributed by atoms with van der Waals surface area (Å²) in [5.41, 5.74) is 2.42. The van der Waals surface area contributed by atoms with Crippen molar-refractivity contribution in [3.63, 3.8) is 0 Å². The van der Waals surface area contributed by atoms with Crippen molar-refractivity contribution < 1.29 is 14.3 Å². The predicted octanol–water partition coefficient (Wildman–Crippen LogP) is 9.21. The third kappa shape index (κ3) is 5.49. The van der Waals surface area contributed by atoms with Crippen molar-refractivity contribution in [2.45, 2.75) is 125 Å². The van der Waals surface area contributed by atoms with Crippen molar-refractivity contribution in [1.29, 1.82) is 0 Å². The first-order chi connectivity index (χ1) is 16.5. The molecule has 0 amide bonds. The molecule has 4 aliphatic rings. The van der Waals surface area contributed by atoms with Crippen LogP contribution in [-0.4, -0.2) is 18.9 Å². The van der Waals surface area contributed by atoms with Gasteiger partial charge in [-0.1, -0.05) is 79.4 Å². The molecule has 0 aliphatic heterocycles. The number of rotatable bonds is 8. The number of fused-ring (bicyclic) bond motifs is 5. The predicted molar refractivity (Wildman–Crippen MR) is 144 cm³/mol. The van der Waals surface area contributed by atoms with Crippen LogP contribution in [0.1, 0.15) is 119 Å². The van der Waals surface area contributed by atoms with Gasteiger partial charge in [-0.2, -0.15) is 0 Å². The molecule has 4 unspecified atom stereocenters. The highest BCUT2D eigenvalue weighted by molar-refractivity contribution is 5.60. The standard InChI is InChI=1S/C32H54O3/c1-21(2)9-8-10-23(5)27-13-14-28-26-12-11-24-19-25(35-30(33)34-20-22(3)4)15-17-31(24,6)29(26)16-18-32(27,28)7/h11,21-23,25-29H,8-10,12-20H2,1-7H3/t23-,25?,26?,27-,28?,29?,31+,32-/m1/s1. The number of carbonyl (C=O) groups is 1. The van der Waals surface area contributed by atoms with Gasteiger partial charge in [0.2, 0.25) is 0 Å². The summed E-state index contributed by atoms with van der Waals surface area (Å²) in [7, 11) is 0. The fraction of sp³-hybridized carbons (Fsp3) is 0.906. The summed E-state index contributed by atoms with van der Waals surface area (Å²) >= 11 is 0. The van der Waals surface area contributed by atoms with Gasteiger partial charge in [0, 0.05) is 6.42 Å². The summed E-state index contributed by atoms with van der Waals surface area (Å²) in [5.74, 6) is 5.51. The van der Waals surface area contributed by atoms with Crippen LogP contribution in [0.15, 0.2) is 11.6 Å². The summed E-state index contributed by atoms with van der Waals surface area (Å²) in [6.45, 7) is 17.1. The van der Waals surface area contributed by atoms with Crippen LogP contribution in [0.5, 0.6) is 0 Å². The molecular weight excluding hydrogens is 432 g/mol. The third-order valence-electron chi connectivity index (χ3n) is 11.1. The molecule has 3 nitrogen and oxygen atoms in total. The maximum absolute atomic E-state index is 12.2. The van der Waals surface area contributed by atoms with Gasteiger partial charge in [-0.05, 0) is 97.2 Å². The van der Waals surface area contributed by atoms with Crippen molar-refractivity contribution in [3.8, 4) is 0 Å². The number of hydrogen-bond acceptors (Lipinski definition) is 3. The first kappa shape index (κ1) is 27.1. The number of carbonyl (C=O) groups excluding carboxylic acids is 1. The largest absolute Gasteiger partial charge is 0.508 e. The summed E-state index contributed by atoms with van der Waals surface area (Å²) in [4.78, 5) is 12.2. The molecule has 0 aromatic heterocycles. The Morgan fingerprint density at radius 2 is 1.74 bits per heavy atom. The highest BCUT2D eigenvalue weighted by Gasteiger charge is 2.59. The Morgan fingerprint density at radius 3 is 2.46 bits per heavy atom. The van der Waals surface area contributed by atoms with Gasteiger partial charge in [0.25, 0.3) is 0 Å². The van der Waals surface area contributed by atoms with Crippen molar-refractivity contribution in [1.82, 2.24) is 0 Å². The molecule has 0 aromatic rings. The zero-order chi connectivity index (χ0) is 25.4. The highest BCUT2D eigenvalue weighted by Crippen LogP contribution is 2.67. The molecule has 0 heterocycles. The molecule has 0 bridgehead atoms. The summed E-state index contributed by atoms with van der Waals surface area (Å²) in [6.07, 6.45) is 16.3. The van der Waals surface area contributed by atoms with E-state index in [0.717, 1.165) is 54.8 Å². The van der Waals surface area contributed by atoms with E-state index in [9.17, 15) is 4.79 Å². The number of allylic oxidation sites excluding steroid dienone is 1.